The zero-order valence-corrected chi connectivity index (χ0v) is 13.1. The molecular formula is C18H17N5O. The van der Waals surface area contributed by atoms with Crippen LogP contribution in [-0.2, 0) is 0 Å². The number of nitrogens with zero attached hydrogens (tertiary/aromatic N) is 5. The highest BCUT2D eigenvalue weighted by atomic mass is 16.3. The van der Waals surface area contributed by atoms with Gasteiger partial charge in [-0.05, 0) is 43.9 Å². The second-order valence-corrected chi connectivity index (χ2v) is 5.89. The highest BCUT2D eigenvalue weighted by Gasteiger charge is 2.11. The molecule has 3 aromatic rings. The van der Waals surface area contributed by atoms with E-state index in [1.165, 1.54) is 18.4 Å². The fraction of sp³-hybridized carbons (Fsp3) is 0.222. The first-order valence-corrected chi connectivity index (χ1v) is 8.00. The van der Waals surface area contributed by atoms with E-state index in [0.29, 0.717) is 11.4 Å². The highest BCUT2D eigenvalue weighted by molar-refractivity contribution is 5.66. The molecule has 6 heteroatoms. The summed E-state index contributed by atoms with van der Waals surface area (Å²) in [5.41, 5.74) is 3.56. The maximum Gasteiger partial charge on any atom is 0.185 e. The number of allylic oxidation sites excluding steroid dienone is 1. The zero-order valence-electron chi connectivity index (χ0n) is 13.1. The van der Waals surface area contributed by atoms with Crippen LogP contribution in [0, 0.1) is 0 Å². The number of rotatable bonds is 3. The molecular weight excluding hydrogens is 302 g/mol. The quantitative estimate of drug-likeness (QED) is 0.801. The van der Waals surface area contributed by atoms with Gasteiger partial charge in [0.15, 0.2) is 5.82 Å². The third-order valence-corrected chi connectivity index (χ3v) is 4.20. The van der Waals surface area contributed by atoms with E-state index in [1.54, 1.807) is 30.9 Å². The molecule has 1 saturated carbocycles. The van der Waals surface area contributed by atoms with Gasteiger partial charge in [-0.3, -0.25) is 0 Å². The second-order valence-electron chi connectivity index (χ2n) is 5.89. The topological polar surface area (TPSA) is 76.7 Å². The predicted octanol–water partition coefficient (Wildman–Crippen LogP) is 3.39. The SMILES string of the molecule is Oc1cc(-n2ccnc2)ccc1-c1ncc(C=C2CCCC2)nn1. The van der Waals surface area contributed by atoms with Gasteiger partial charge in [0.25, 0.3) is 0 Å². The summed E-state index contributed by atoms with van der Waals surface area (Å²) in [5, 5.41) is 18.7. The first-order valence-electron chi connectivity index (χ1n) is 8.00. The van der Waals surface area contributed by atoms with Gasteiger partial charge in [0.1, 0.15) is 11.4 Å². The summed E-state index contributed by atoms with van der Waals surface area (Å²) in [4.78, 5) is 8.35. The number of imidazole rings is 1. The molecule has 1 aromatic carbocycles. The Hall–Kier alpha value is -3.02. The molecule has 0 amide bonds. The largest absolute Gasteiger partial charge is 0.507 e. The van der Waals surface area contributed by atoms with E-state index in [4.69, 9.17) is 0 Å². The third kappa shape index (κ3) is 2.90. The molecule has 0 saturated heterocycles. The molecule has 6 nitrogen and oxygen atoms in total. The van der Waals surface area contributed by atoms with Crippen LogP contribution in [0.2, 0.25) is 0 Å². The van der Waals surface area contributed by atoms with Gasteiger partial charge in [-0.15, -0.1) is 10.2 Å². The van der Waals surface area contributed by atoms with Crippen LogP contribution in [0.3, 0.4) is 0 Å². The first kappa shape index (κ1) is 14.6. The molecule has 1 N–H and O–H groups in total. The normalized spacial score (nSPS) is 14.1. The van der Waals surface area contributed by atoms with Gasteiger partial charge < -0.3 is 9.67 Å². The van der Waals surface area contributed by atoms with Crippen LogP contribution < -0.4 is 0 Å². The first-order chi connectivity index (χ1) is 11.8. The Morgan fingerprint density at radius 3 is 2.67 bits per heavy atom. The molecule has 1 fully saturated rings. The van der Waals surface area contributed by atoms with Crippen LogP contribution in [0.25, 0.3) is 23.2 Å². The fourth-order valence-corrected chi connectivity index (χ4v) is 2.94. The molecule has 1 aliphatic carbocycles. The molecule has 120 valence electrons. The number of phenolic OH excluding ortho intramolecular Hbond substituents is 1. The zero-order chi connectivity index (χ0) is 16.4. The Kier molecular flexibility index (Phi) is 3.78. The van der Waals surface area contributed by atoms with Crippen LogP contribution in [0.5, 0.6) is 5.75 Å². The minimum atomic E-state index is 0.116. The lowest BCUT2D eigenvalue weighted by atomic mass is 10.1. The predicted molar refractivity (Wildman–Crippen MR) is 90.5 cm³/mol. The lowest BCUT2D eigenvalue weighted by Gasteiger charge is -2.07. The van der Waals surface area contributed by atoms with Crippen molar-refractivity contribution in [1.29, 1.82) is 0 Å². The smallest absolute Gasteiger partial charge is 0.185 e. The van der Waals surface area contributed by atoms with Crippen LogP contribution in [0.1, 0.15) is 31.4 Å². The van der Waals surface area contributed by atoms with Crippen molar-refractivity contribution in [3.05, 3.63) is 54.4 Å². The van der Waals surface area contributed by atoms with Crippen molar-refractivity contribution >= 4 is 6.08 Å². The summed E-state index contributed by atoms with van der Waals surface area (Å²) in [6.07, 6.45) is 13.7. The van der Waals surface area contributed by atoms with Gasteiger partial charge in [0.2, 0.25) is 0 Å². The summed E-state index contributed by atoms with van der Waals surface area (Å²) in [6.45, 7) is 0. The molecule has 0 bridgehead atoms. The van der Waals surface area contributed by atoms with Crippen molar-refractivity contribution in [2.75, 3.05) is 0 Å². The molecule has 0 spiro atoms. The van der Waals surface area contributed by atoms with Gasteiger partial charge >= 0.3 is 0 Å². The second kappa shape index (κ2) is 6.23. The van der Waals surface area contributed by atoms with Crippen molar-refractivity contribution in [3.63, 3.8) is 0 Å². The maximum atomic E-state index is 10.3. The Bertz CT molecular complexity index is 861. The number of hydrogen-bond donors (Lipinski definition) is 1. The number of phenols is 1. The lowest BCUT2D eigenvalue weighted by Crippen LogP contribution is -1.96. The Morgan fingerprint density at radius 2 is 2.00 bits per heavy atom. The highest BCUT2D eigenvalue weighted by Crippen LogP contribution is 2.29. The Labute approximate surface area is 139 Å². The number of aromatic nitrogens is 5. The summed E-state index contributed by atoms with van der Waals surface area (Å²) < 4.78 is 1.82. The number of aromatic hydroxyl groups is 1. The van der Waals surface area contributed by atoms with E-state index in [9.17, 15) is 5.11 Å². The molecule has 0 aliphatic heterocycles. The molecule has 1 aliphatic rings. The fourth-order valence-electron chi connectivity index (χ4n) is 2.94. The van der Waals surface area contributed by atoms with Crippen molar-refractivity contribution in [2.45, 2.75) is 25.7 Å². The average molecular weight is 319 g/mol. The van der Waals surface area contributed by atoms with Crippen LogP contribution >= 0.6 is 0 Å². The summed E-state index contributed by atoms with van der Waals surface area (Å²) in [5.74, 6) is 0.531. The number of benzene rings is 1. The third-order valence-electron chi connectivity index (χ3n) is 4.20. The van der Waals surface area contributed by atoms with E-state index in [1.807, 2.05) is 16.8 Å². The maximum absolute atomic E-state index is 10.3. The summed E-state index contributed by atoms with van der Waals surface area (Å²) in [7, 11) is 0. The van der Waals surface area contributed by atoms with Gasteiger partial charge in [0.05, 0.1) is 23.8 Å². The van der Waals surface area contributed by atoms with E-state index in [2.05, 4.69) is 26.2 Å². The van der Waals surface area contributed by atoms with E-state index < -0.39 is 0 Å². The Balaban J connectivity index is 1.60. The lowest BCUT2D eigenvalue weighted by molar-refractivity contribution is 0.476. The Morgan fingerprint density at radius 1 is 1.12 bits per heavy atom. The molecule has 4 rings (SSSR count). The summed E-state index contributed by atoms with van der Waals surface area (Å²) in [6, 6.07) is 5.33. The minimum Gasteiger partial charge on any atom is -0.507 e. The van der Waals surface area contributed by atoms with Crippen LogP contribution in [0.15, 0.2) is 48.7 Å². The average Bonchev–Trinajstić information content (AvgIpc) is 3.29. The number of hydrogen-bond acceptors (Lipinski definition) is 5. The molecule has 0 unspecified atom stereocenters. The van der Waals surface area contributed by atoms with E-state index >= 15 is 0 Å². The van der Waals surface area contributed by atoms with Crippen molar-refractivity contribution in [2.24, 2.45) is 0 Å². The molecule has 2 heterocycles. The summed E-state index contributed by atoms with van der Waals surface area (Å²) >= 11 is 0. The van der Waals surface area contributed by atoms with Gasteiger partial charge in [0, 0.05) is 18.5 Å². The van der Waals surface area contributed by atoms with Crippen LogP contribution in [-0.4, -0.2) is 29.8 Å². The van der Waals surface area contributed by atoms with Gasteiger partial charge in [-0.1, -0.05) is 5.57 Å². The monoisotopic (exact) mass is 319 g/mol. The van der Waals surface area contributed by atoms with Crippen LogP contribution in [0.4, 0.5) is 0 Å². The minimum absolute atomic E-state index is 0.116. The molecule has 0 atom stereocenters. The molecule has 2 aromatic heterocycles. The molecule has 0 radical (unpaired) electrons. The standard InChI is InChI=1S/C18H17N5O/c24-17-10-15(23-8-7-19-12-23)5-6-16(17)18-20-11-14(21-22-18)9-13-3-1-2-4-13/h5-12,24H,1-4H2. The van der Waals surface area contributed by atoms with Crippen molar-refractivity contribution in [1.82, 2.24) is 24.7 Å². The molecule has 24 heavy (non-hydrogen) atoms. The van der Waals surface area contributed by atoms with Crippen molar-refractivity contribution in [3.8, 4) is 22.8 Å². The van der Waals surface area contributed by atoms with Gasteiger partial charge in [-0.25, -0.2) is 9.97 Å². The van der Waals surface area contributed by atoms with E-state index in [0.717, 1.165) is 24.2 Å². The van der Waals surface area contributed by atoms with E-state index in [-0.39, 0.29) is 5.75 Å². The van der Waals surface area contributed by atoms with Crippen molar-refractivity contribution < 1.29 is 5.11 Å². The van der Waals surface area contributed by atoms with Gasteiger partial charge in [-0.2, -0.15) is 0 Å².